The van der Waals surface area contributed by atoms with E-state index in [1.807, 2.05) is 24.3 Å². The highest BCUT2D eigenvalue weighted by Gasteiger charge is 2.32. The summed E-state index contributed by atoms with van der Waals surface area (Å²) in [7, 11) is 0. The number of para-hydroxylation sites is 1. The van der Waals surface area contributed by atoms with E-state index < -0.39 is 29.7 Å². The van der Waals surface area contributed by atoms with Gasteiger partial charge in [0.2, 0.25) is 5.91 Å². The Balaban J connectivity index is 1.74. The van der Waals surface area contributed by atoms with E-state index in [1.54, 1.807) is 6.20 Å². The van der Waals surface area contributed by atoms with E-state index >= 15 is 0 Å². The molecule has 1 aromatic heterocycles. The predicted molar refractivity (Wildman–Crippen MR) is 102 cm³/mol. The summed E-state index contributed by atoms with van der Waals surface area (Å²) in [5.74, 6) is -2.04. The normalized spacial score (nSPS) is 12.9. The summed E-state index contributed by atoms with van der Waals surface area (Å²) in [5, 5.41) is 12.6. The fraction of sp³-hybridized carbons (Fsp3) is 0.143. The maximum absolute atomic E-state index is 13.0. The first-order valence-electron chi connectivity index (χ1n) is 8.68. The van der Waals surface area contributed by atoms with Gasteiger partial charge in [0.1, 0.15) is 6.04 Å². The lowest BCUT2D eigenvalue weighted by Gasteiger charge is -2.13. The first-order valence-corrected chi connectivity index (χ1v) is 8.68. The van der Waals surface area contributed by atoms with Crippen LogP contribution in [0.2, 0.25) is 0 Å². The van der Waals surface area contributed by atoms with E-state index in [1.165, 1.54) is 18.2 Å². The van der Waals surface area contributed by atoms with Crippen LogP contribution in [-0.2, 0) is 22.2 Å². The number of hydrogen-bond acceptors (Lipinski definition) is 2. The summed E-state index contributed by atoms with van der Waals surface area (Å²) in [5.41, 5.74) is 0.484. The molecule has 0 aliphatic heterocycles. The number of aromatic nitrogens is 1. The van der Waals surface area contributed by atoms with Crippen LogP contribution in [0.1, 0.15) is 16.7 Å². The molecule has 0 saturated carbocycles. The average molecular weight is 402 g/mol. The second-order valence-corrected chi connectivity index (χ2v) is 6.38. The van der Waals surface area contributed by atoms with Gasteiger partial charge < -0.3 is 15.4 Å². The molecule has 5 nitrogen and oxygen atoms in total. The van der Waals surface area contributed by atoms with E-state index in [0.717, 1.165) is 29.1 Å². The Labute approximate surface area is 163 Å². The van der Waals surface area contributed by atoms with Crippen molar-refractivity contribution in [3.05, 3.63) is 77.5 Å². The van der Waals surface area contributed by atoms with Crippen molar-refractivity contribution in [2.75, 3.05) is 0 Å². The van der Waals surface area contributed by atoms with Crippen LogP contribution in [0.25, 0.3) is 17.0 Å². The standard InChI is InChI=1S/C21H17F3N2O3/c22-21(23,24)16-7-3-1-5-13(16)9-10-19(27)26-18(20(28)29)11-14-12-25-17-8-4-2-6-15(14)17/h1-10,12,18,25H,11H2,(H,26,27)(H,28,29)/t18-/m0/s1. The summed E-state index contributed by atoms with van der Waals surface area (Å²) in [6.45, 7) is 0. The number of carbonyl (C=O) groups is 2. The molecule has 1 atom stereocenters. The zero-order chi connectivity index (χ0) is 21.0. The van der Waals surface area contributed by atoms with E-state index in [4.69, 9.17) is 0 Å². The number of rotatable bonds is 6. The Hall–Kier alpha value is -3.55. The predicted octanol–water partition coefficient (Wildman–Crippen LogP) is 4.01. The van der Waals surface area contributed by atoms with Crippen molar-refractivity contribution in [1.29, 1.82) is 0 Å². The number of nitrogens with one attached hydrogen (secondary N) is 2. The number of aliphatic carboxylic acids is 1. The number of carboxylic acids is 1. The van der Waals surface area contributed by atoms with E-state index in [0.29, 0.717) is 5.56 Å². The van der Waals surface area contributed by atoms with Crippen LogP contribution in [0.4, 0.5) is 13.2 Å². The van der Waals surface area contributed by atoms with Crippen molar-refractivity contribution in [1.82, 2.24) is 10.3 Å². The second kappa shape index (κ2) is 8.22. The van der Waals surface area contributed by atoms with Gasteiger partial charge >= 0.3 is 12.1 Å². The van der Waals surface area contributed by atoms with Crippen LogP contribution < -0.4 is 5.32 Å². The lowest BCUT2D eigenvalue weighted by molar-refractivity contribution is -0.141. The van der Waals surface area contributed by atoms with Crippen LogP contribution >= 0.6 is 0 Å². The molecule has 3 aromatic rings. The Morgan fingerprint density at radius 3 is 2.52 bits per heavy atom. The van der Waals surface area contributed by atoms with Crippen molar-refractivity contribution in [3.8, 4) is 0 Å². The summed E-state index contributed by atoms with van der Waals surface area (Å²) in [6, 6.07) is 10.9. The van der Waals surface area contributed by atoms with Gasteiger partial charge in [-0.2, -0.15) is 13.2 Å². The molecule has 0 aliphatic rings. The first-order chi connectivity index (χ1) is 13.8. The molecule has 1 heterocycles. The molecule has 8 heteroatoms. The lowest BCUT2D eigenvalue weighted by atomic mass is 10.0. The summed E-state index contributed by atoms with van der Waals surface area (Å²) >= 11 is 0. The number of halogens is 3. The summed E-state index contributed by atoms with van der Waals surface area (Å²) in [6.07, 6.45) is -0.949. The minimum atomic E-state index is -4.56. The minimum Gasteiger partial charge on any atom is -0.480 e. The number of carbonyl (C=O) groups excluding carboxylic acids is 1. The van der Waals surface area contributed by atoms with Gasteiger partial charge in [0.15, 0.2) is 0 Å². The number of H-pyrrole nitrogens is 1. The minimum absolute atomic E-state index is 0.0259. The Morgan fingerprint density at radius 2 is 1.79 bits per heavy atom. The van der Waals surface area contributed by atoms with Gasteiger partial charge in [0.25, 0.3) is 0 Å². The third kappa shape index (κ3) is 4.84. The highest BCUT2D eigenvalue weighted by atomic mass is 19.4. The monoisotopic (exact) mass is 402 g/mol. The number of benzene rings is 2. The third-order valence-corrected chi connectivity index (χ3v) is 4.39. The largest absolute Gasteiger partial charge is 0.480 e. The first kappa shape index (κ1) is 20.2. The second-order valence-electron chi connectivity index (χ2n) is 6.38. The Kier molecular flexibility index (Phi) is 5.72. The van der Waals surface area contributed by atoms with Gasteiger partial charge in [-0.05, 0) is 29.3 Å². The topological polar surface area (TPSA) is 82.2 Å². The molecular formula is C21H17F3N2O3. The van der Waals surface area contributed by atoms with Crippen LogP contribution in [-0.4, -0.2) is 28.0 Å². The van der Waals surface area contributed by atoms with Gasteiger partial charge in [-0.3, -0.25) is 4.79 Å². The van der Waals surface area contributed by atoms with Gasteiger partial charge in [-0.15, -0.1) is 0 Å². The molecule has 2 aromatic carbocycles. The van der Waals surface area contributed by atoms with Gasteiger partial charge in [-0.1, -0.05) is 36.4 Å². The van der Waals surface area contributed by atoms with Crippen molar-refractivity contribution >= 4 is 28.9 Å². The van der Waals surface area contributed by atoms with Crippen LogP contribution in [0.3, 0.4) is 0 Å². The lowest BCUT2D eigenvalue weighted by Crippen LogP contribution is -2.41. The summed E-state index contributed by atoms with van der Waals surface area (Å²) in [4.78, 5) is 26.7. The zero-order valence-corrected chi connectivity index (χ0v) is 15.0. The number of carboxylic acid groups (broad SMARTS) is 1. The molecule has 3 rings (SSSR count). The number of aromatic amines is 1. The fourth-order valence-corrected chi connectivity index (χ4v) is 3.01. The van der Waals surface area contributed by atoms with Crippen molar-refractivity contribution in [3.63, 3.8) is 0 Å². The highest BCUT2D eigenvalue weighted by Crippen LogP contribution is 2.32. The highest BCUT2D eigenvalue weighted by molar-refractivity contribution is 5.95. The molecule has 29 heavy (non-hydrogen) atoms. The number of fused-ring (bicyclic) bond motifs is 1. The molecule has 150 valence electrons. The SMILES string of the molecule is O=C(C=Cc1ccccc1C(F)(F)F)N[C@@H](Cc1c[nH]c2ccccc12)C(=O)O. The number of alkyl halides is 3. The van der Waals surface area contributed by atoms with E-state index in [-0.39, 0.29) is 12.0 Å². The van der Waals surface area contributed by atoms with Crippen LogP contribution in [0.15, 0.2) is 60.8 Å². The van der Waals surface area contributed by atoms with Crippen LogP contribution in [0.5, 0.6) is 0 Å². The molecule has 0 bridgehead atoms. The number of hydrogen-bond donors (Lipinski definition) is 3. The molecule has 0 spiro atoms. The van der Waals surface area contributed by atoms with Gasteiger partial charge in [0.05, 0.1) is 5.56 Å². The van der Waals surface area contributed by atoms with Crippen LogP contribution in [0, 0.1) is 0 Å². The summed E-state index contributed by atoms with van der Waals surface area (Å²) < 4.78 is 39.0. The van der Waals surface area contributed by atoms with Gasteiger partial charge in [-0.25, -0.2) is 4.79 Å². The molecule has 3 N–H and O–H groups in total. The zero-order valence-electron chi connectivity index (χ0n) is 15.0. The van der Waals surface area contributed by atoms with E-state index in [9.17, 15) is 27.9 Å². The molecule has 0 saturated heterocycles. The maximum Gasteiger partial charge on any atom is 0.416 e. The fourth-order valence-electron chi connectivity index (χ4n) is 3.01. The average Bonchev–Trinajstić information content (AvgIpc) is 3.08. The molecular weight excluding hydrogens is 385 g/mol. The molecule has 0 fully saturated rings. The molecule has 0 radical (unpaired) electrons. The van der Waals surface area contributed by atoms with Gasteiger partial charge in [0, 0.05) is 29.6 Å². The quantitative estimate of drug-likeness (QED) is 0.545. The number of amides is 1. The Morgan fingerprint density at radius 1 is 1.10 bits per heavy atom. The van der Waals surface area contributed by atoms with Crippen molar-refractivity contribution in [2.45, 2.75) is 18.6 Å². The van der Waals surface area contributed by atoms with Crippen molar-refractivity contribution in [2.24, 2.45) is 0 Å². The van der Waals surface area contributed by atoms with Crippen molar-refractivity contribution < 1.29 is 27.9 Å². The third-order valence-electron chi connectivity index (χ3n) is 4.39. The Bertz CT molecular complexity index is 1070. The maximum atomic E-state index is 13.0. The van der Waals surface area contributed by atoms with E-state index in [2.05, 4.69) is 10.3 Å². The smallest absolute Gasteiger partial charge is 0.416 e. The molecule has 0 unspecified atom stereocenters. The molecule has 1 amide bonds. The molecule has 0 aliphatic carbocycles.